The third-order valence-corrected chi connectivity index (χ3v) is 3.84. The summed E-state index contributed by atoms with van der Waals surface area (Å²) < 4.78 is 11.0. The molecule has 1 aromatic heterocycles. The highest BCUT2D eigenvalue weighted by atomic mass is 32.1. The topological polar surface area (TPSA) is 55.1 Å². The first-order valence-electron chi connectivity index (χ1n) is 6.62. The summed E-state index contributed by atoms with van der Waals surface area (Å²) in [6.07, 6.45) is 0. The van der Waals surface area contributed by atoms with Gasteiger partial charge in [-0.1, -0.05) is 32.9 Å². The monoisotopic (exact) mass is 302 g/mol. The van der Waals surface area contributed by atoms with Gasteiger partial charge in [-0.05, 0) is 12.1 Å². The van der Waals surface area contributed by atoms with Crippen molar-refractivity contribution in [2.75, 3.05) is 7.11 Å². The maximum atomic E-state index is 9.22. The van der Waals surface area contributed by atoms with Gasteiger partial charge in [-0.2, -0.15) is 5.26 Å². The van der Waals surface area contributed by atoms with E-state index in [4.69, 9.17) is 9.47 Å². The van der Waals surface area contributed by atoms with E-state index < -0.39 is 0 Å². The largest absolute Gasteiger partial charge is 0.493 e. The minimum absolute atomic E-state index is 0.149. The summed E-state index contributed by atoms with van der Waals surface area (Å²) in [7, 11) is 1.61. The van der Waals surface area contributed by atoms with Crippen LogP contribution < -0.4 is 9.47 Å². The number of methoxy groups -OCH3 is 1. The first kappa shape index (κ1) is 15.3. The Hall–Kier alpha value is -2.06. The van der Waals surface area contributed by atoms with Crippen molar-refractivity contribution in [2.24, 2.45) is 0 Å². The van der Waals surface area contributed by atoms with Crippen LogP contribution in [0.5, 0.6) is 11.5 Å². The quantitative estimate of drug-likeness (QED) is 0.859. The highest BCUT2D eigenvalue weighted by Gasteiger charge is 2.23. The number of benzene rings is 1. The van der Waals surface area contributed by atoms with Gasteiger partial charge in [-0.25, -0.2) is 4.98 Å². The van der Waals surface area contributed by atoms with E-state index in [2.05, 4.69) is 11.1 Å². The van der Waals surface area contributed by atoms with Gasteiger partial charge in [0.1, 0.15) is 22.6 Å². The number of thiazole rings is 1. The smallest absolute Gasteiger partial charge is 0.161 e. The summed E-state index contributed by atoms with van der Waals surface area (Å²) in [5, 5.41) is 10.0. The molecule has 0 N–H and O–H groups in total. The van der Waals surface area contributed by atoms with E-state index in [1.807, 2.05) is 45.0 Å². The SMILES string of the molecule is COc1ccccc1OCc1nc(C(C)(C)C)c(C#N)s1. The van der Waals surface area contributed by atoms with Crippen molar-refractivity contribution in [2.45, 2.75) is 32.8 Å². The Morgan fingerprint density at radius 1 is 1.24 bits per heavy atom. The van der Waals surface area contributed by atoms with E-state index in [1.165, 1.54) is 11.3 Å². The predicted octanol–water partition coefficient (Wildman–Crippen LogP) is 3.90. The molecular weight excluding hydrogens is 284 g/mol. The number of ether oxygens (including phenoxy) is 2. The Kier molecular flexibility index (Phi) is 4.49. The second-order valence-electron chi connectivity index (χ2n) is 5.59. The summed E-state index contributed by atoms with van der Waals surface area (Å²) in [6, 6.07) is 9.69. The van der Waals surface area contributed by atoms with E-state index in [-0.39, 0.29) is 5.41 Å². The molecule has 0 spiro atoms. The molecule has 0 saturated carbocycles. The third kappa shape index (κ3) is 3.53. The molecule has 0 unspecified atom stereocenters. The van der Waals surface area contributed by atoms with Crippen LogP contribution in [0.2, 0.25) is 0 Å². The fourth-order valence-electron chi connectivity index (χ4n) is 1.89. The fraction of sp³-hybridized carbons (Fsp3) is 0.375. The molecule has 110 valence electrons. The molecule has 0 aliphatic carbocycles. The summed E-state index contributed by atoms with van der Waals surface area (Å²) in [5.74, 6) is 1.36. The molecule has 1 aromatic carbocycles. The lowest BCUT2D eigenvalue weighted by Crippen LogP contribution is -2.13. The Morgan fingerprint density at radius 2 is 1.90 bits per heavy atom. The van der Waals surface area contributed by atoms with Crippen LogP contribution in [-0.4, -0.2) is 12.1 Å². The normalized spacial score (nSPS) is 11.0. The number of nitrogens with zero attached hydrogens (tertiary/aromatic N) is 2. The lowest BCUT2D eigenvalue weighted by molar-refractivity contribution is 0.283. The van der Waals surface area contributed by atoms with Crippen molar-refractivity contribution < 1.29 is 9.47 Å². The summed E-state index contributed by atoms with van der Waals surface area (Å²) in [5.41, 5.74) is 0.679. The second kappa shape index (κ2) is 6.15. The van der Waals surface area contributed by atoms with Crippen LogP contribution in [0, 0.1) is 11.3 Å². The molecular formula is C16H18N2O2S. The average molecular weight is 302 g/mol. The first-order valence-corrected chi connectivity index (χ1v) is 7.43. The molecule has 0 saturated heterocycles. The molecule has 0 amide bonds. The van der Waals surface area contributed by atoms with Crippen LogP contribution in [0.25, 0.3) is 0 Å². The number of nitriles is 1. The zero-order valence-electron chi connectivity index (χ0n) is 12.6. The molecule has 0 aliphatic rings. The Labute approximate surface area is 129 Å². The lowest BCUT2D eigenvalue weighted by Gasteiger charge is -2.15. The molecule has 1 heterocycles. The molecule has 5 heteroatoms. The zero-order chi connectivity index (χ0) is 15.5. The maximum absolute atomic E-state index is 9.22. The lowest BCUT2D eigenvalue weighted by atomic mass is 9.91. The number of rotatable bonds is 4. The molecule has 0 atom stereocenters. The van der Waals surface area contributed by atoms with Gasteiger partial charge in [0.25, 0.3) is 0 Å². The maximum Gasteiger partial charge on any atom is 0.161 e. The van der Waals surface area contributed by atoms with Gasteiger partial charge < -0.3 is 9.47 Å². The molecule has 0 radical (unpaired) electrons. The van der Waals surface area contributed by atoms with Crippen LogP contribution in [-0.2, 0) is 12.0 Å². The van der Waals surface area contributed by atoms with Gasteiger partial charge in [0.05, 0.1) is 12.8 Å². The van der Waals surface area contributed by atoms with Gasteiger partial charge in [-0.15, -0.1) is 11.3 Å². The summed E-state index contributed by atoms with van der Waals surface area (Å²) in [6.45, 7) is 6.48. The van der Waals surface area contributed by atoms with Crippen LogP contribution >= 0.6 is 11.3 Å². The van der Waals surface area contributed by atoms with Gasteiger partial charge in [0.15, 0.2) is 11.5 Å². The number of para-hydroxylation sites is 2. The summed E-state index contributed by atoms with van der Waals surface area (Å²) >= 11 is 1.38. The highest BCUT2D eigenvalue weighted by molar-refractivity contribution is 7.12. The van der Waals surface area contributed by atoms with Crippen molar-refractivity contribution in [1.82, 2.24) is 4.98 Å². The average Bonchev–Trinajstić information content (AvgIpc) is 2.89. The van der Waals surface area contributed by atoms with E-state index in [0.29, 0.717) is 23.0 Å². The van der Waals surface area contributed by atoms with E-state index in [0.717, 1.165) is 10.7 Å². The van der Waals surface area contributed by atoms with E-state index >= 15 is 0 Å². The second-order valence-corrected chi connectivity index (χ2v) is 6.67. The van der Waals surface area contributed by atoms with Crippen molar-refractivity contribution in [3.8, 4) is 17.6 Å². The molecule has 4 nitrogen and oxygen atoms in total. The minimum Gasteiger partial charge on any atom is -0.493 e. The van der Waals surface area contributed by atoms with Gasteiger partial charge in [0, 0.05) is 5.41 Å². The Bertz CT molecular complexity index is 666. The van der Waals surface area contributed by atoms with Gasteiger partial charge in [-0.3, -0.25) is 0 Å². The molecule has 2 aromatic rings. The van der Waals surface area contributed by atoms with Crippen LogP contribution in [0.3, 0.4) is 0 Å². The number of hydrogen-bond donors (Lipinski definition) is 0. The van der Waals surface area contributed by atoms with E-state index in [1.54, 1.807) is 7.11 Å². The van der Waals surface area contributed by atoms with Crippen molar-refractivity contribution >= 4 is 11.3 Å². The predicted molar refractivity (Wildman–Crippen MR) is 82.9 cm³/mol. The molecule has 0 aliphatic heterocycles. The Morgan fingerprint density at radius 3 is 2.43 bits per heavy atom. The highest BCUT2D eigenvalue weighted by Crippen LogP contribution is 2.31. The third-order valence-electron chi connectivity index (χ3n) is 2.90. The molecule has 21 heavy (non-hydrogen) atoms. The first-order chi connectivity index (χ1) is 9.95. The summed E-state index contributed by atoms with van der Waals surface area (Å²) in [4.78, 5) is 5.21. The zero-order valence-corrected chi connectivity index (χ0v) is 13.5. The van der Waals surface area contributed by atoms with Crippen LogP contribution in [0.1, 0.15) is 36.3 Å². The van der Waals surface area contributed by atoms with Gasteiger partial charge in [0.2, 0.25) is 0 Å². The number of hydrogen-bond acceptors (Lipinski definition) is 5. The molecule has 2 rings (SSSR count). The van der Waals surface area contributed by atoms with Gasteiger partial charge >= 0.3 is 0 Å². The van der Waals surface area contributed by atoms with Crippen molar-refractivity contribution in [3.05, 3.63) is 39.8 Å². The minimum atomic E-state index is -0.149. The van der Waals surface area contributed by atoms with Crippen LogP contribution in [0.15, 0.2) is 24.3 Å². The fourth-order valence-corrected chi connectivity index (χ4v) is 2.87. The molecule has 0 fully saturated rings. The van der Waals surface area contributed by atoms with E-state index in [9.17, 15) is 5.26 Å². The standard InChI is InChI=1S/C16H18N2O2S/c1-16(2,3)15-13(9-17)21-14(18-15)10-20-12-8-6-5-7-11(12)19-4/h5-8H,10H2,1-4H3. The Balaban J connectivity index is 2.18. The van der Waals surface area contributed by atoms with Crippen molar-refractivity contribution in [3.63, 3.8) is 0 Å². The van der Waals surface area contributed by atoms with Crippen LogP contribution in [0.4, 0.5) is 0 Å². The molecule has 0 bridgehead atoms. The number of aromatic nitrogens is 1. The van der Waals surface area contributed by atoms with Crippen molar-refractivity contribution in [1.29, 1.82) is 5.26 Å².